The number of carbonyl (C=O) groups is 2. The highest BCUT2D eigenvalue weighted by Gasteiger charge is 2.17. The summed E-state index contributed by atoms with van der Waals surface area (Å²) in [6, 6.07) is 31.8. The van der Waals surface area contributed by atoms with Gasteiger partial charge in [-0.25, -0.2) is 27.2 Å². The van der Waals surface area contributed by atoms with Gasteiger partial charge in [0, 0.05) is 23.3 Å². The van der Waals surface area contributed by atoms with E-state index in [0.29, 0.717) is 22.3 Å². The molecule has 59 heavy (non-hydrogen) atoms. The van der Waals surface area contributed by atoms with Crippen LogP contribution in [-0.4, -0.2) is 22.2 Å². The zero-order valence-electron chi connectivity index (χ0n) is 33.5. The third kappa shape index (κ3) is 12.2. The quantitative estimate of drug-likeness (QED) is 0.0711. The molecule has 8 heteroatoms. The summed E-state index contributed by atoms with van der Waals surface area (Å²) in [5.74, 6) is -4.75. The lowest BCUT2D eigenvalue weighted by atomic mass is 9.93. The normalized spacial score (nSPS) is 10.9. The average molecular weight is 803 g/mol. The molecule has 0 amide bonds. The lowest BCUT2D eigenvalue weighted by Gasteiger charge is -2.11. The van der Waals surface area contributed by atoms with E-state index in [0.717, 1.165) is 48.9 Å². The highest BCUT2D eigenvalue weighted by Crippen LogP contribution is 2.33. The second kappa shape index (κ2) is 21.7. The molecule has 0 aliphatic rings. The van der Waals surface area contributed by atoms with Crippen LogP contribution in [0.4, 0.5) is 17.6 Å². The Bertz CT molecular complexity index is 2340. The number of hydrogen-bond donors (Lipinski definition) is 2. The summed E-state index contributed by atoms with van der Waals surface area (Å²) in [5.41, 5.74) is 6.73. The first-order chi connectivity index (χ1) is 28.5. The number of halogens is 4. The second-order valence-electron chi connectivity index (χ2n) is 14.7. The van der Waals surface area contributed by atoms with Gasteiger partial charge in [-0.2, -0.15) is 0 Å². The first-order valence-corrected chi connectivity index (χ1v) is 20.3. The van der Waals surface area contributed by atoms with Gasteiger partial charge >= 0.3 is 11.9 Å². The molecule has 0 bridgehead atoms. The Balaban J connectivity index is 0.000000224. The van der Waals surface area contributed by atoms with Crippen LogP contribution in [0.2, 0.25) is 0 Å². The first kappa shape index (κ1) is 44.1. The predicted molar refractivity (Wildman–Crippen MR) is 229 cm³/mol. The van der Waals surface area contributed by atoms with Crippen LogP contribution in [0, 0.1) is 23.3 Å². The molecule has 0 fully saturated rings. The standard InChI is InChI=1S/C26H26F2O2.C25H24F2O2/c1-2-3-4-5-6-7-18-8-10-19(11-9-18)24-16-20(12-14-23(24)26(29)30)22-15-13-21(27)17-25(22)28;1-2-3-4-5-6-17-7-9-18(10-8-17)23-15-19(11-13-22(23)25(28)29)21-14-12-20(26)16-24(21)27/h8-17H,2-7H2,1H3,(H,29,30);7-16H,2-6H2,1H3,(H,28,29). The van der Waals surface area contributed by atoms with Crippen molar-refractivity contribution in [3.63, 3.8) is 0 Å². The van der Waals surface area contributed by atoms with E-state index < -0.39 is 35.2 Å². The fourth-order valence-electron chi connectivity index (χ4n) is 7.11. The van der Waals surface area contributed by atoms with Crippen LogP contribution in [0.15, 0.2) is 121 Å². The van der Waals surface area contributed by atoms with Crippen molar-refractivity contribution in [3.8, 4) is 44.5 Å². The topological polar surface area (TPSA) is 74.6 Å². The van der Waals surface area contributed by atoms with Crippen molar-refractivity contribution in [2.75, 3.05) is 0 Å². The molecule has 0 spiro atoms. The first-order valence-electron chi connectivity index (χ1n) is 20.3. The molecule has 0 radical (unpaired) electrons. The van der Waals surface area contributed by atoms with Crippen LogP contribution < -0.4 is 0 Å². The molecule has 6 rings (SSSR count). The largest absolute Gasteiger partial charge is 0.478 e. The minimum Gasteiger partial charge on any atom is -0.478 e. The van der Waals surface area contributed by atoms with Gasteiger partial charge in [0.15, 0.2) is 0 Å². The lowest BCUT2D eigenvalue weighted by molar-refractivity contribution is 0.0687. The van der Waals surface area contributed by atoms with Crippen molar-refractivity contribution < 1.29 is 37.4 Å². The minimum absolute atomic E-state index is 0.145. The monoisotopic (exact) mass is 802 g/mol. The number of hydrogen-bond acceptors (Lipinski definition) is 2. The maximum Gasteiger partial charge on any atom is 0.336 e. The third-order valence-corrected chi connectivity index (χ3v) is 10.4. The molecule has 0 aliphatic carbocycles. The summed E-state index contributed by atoms with van der Waals surface area (Å²) in [4.78, 5) is 23.4. The number of benzene rings is 6. The Morgan fingerprint density at radius 2 is 0.763 bits per heavy atom. The maximum atomic E-state index is 14.2. The molecule has 0 unspecified atom stereocenters. The van der Waals surface area contributed by atoms with Crippen molar-refractivity contribution in [3.05, 3.63) is 167 Å². The van der Waals surface area contributed by atoms with E-state index in [2.05, 4.69) is 13.8 Å². The number of unbranched alkanes of at least 4 members (excludes halogenated alkanes) is 7. The van der Waals surface area contributed by atoms with Crippen molar-refractivity contribution in [2.24, 2.45) is 0 Å². The van der Waals surface area contributed by atoms with Crippen LogP contribution in [0.3, 0.4) is 0 Å². The molecule has 0 atom stereocenters. The third-order valence-electron chi connectivity index (χ3n) is 10.4. The Morgan fingerprint density at radius 3 is 1.12 bits per heavy atom. The van der Waals surface area contributed by atoms with Crippen LogP contribution in [0.1, 0.15) is 103 Å². The number of carboxylic acids is 2. The zero-order valence-corrected chi connectivity index (χ0v) is 33.5. The molecule has 4 nitrogen and oxygen atoms in total. The highest BCUT2D eigenvalue weighted by molar-refractivity contribution is 5.98. The molecule has 6 aromatic carbocycles. The van der Waals surface area contributed by atoms with Crippen molar-refractivity contribution in [1.29, 1.82) is 0 Å². The summed E-state index contributed by atoms with van der Waals surface area (Å²) in [5, 5.41) is 19.2. The molecule has 2 N–H and O–H groups in total. The summed E-state index contributed by atoms with van der Waals surface area (Å²) >= 11 is 0. The van der Waals surface area contributed by atoms with E-state index in [4.69, 9.17) is 0 Å². The van der Waals surface area contributed by atoms with Gasteiger partial charge in [0.05, 0.1) is 11.1 Å². The Morgan fingerprint density at radius 1 is 0.407 bits per heavy atom. The second-order valence-corrected chi connectivity index (χ2v) is 14.7. The summed E-state index contributed by atoms with van der Waals surface area (Å²) in [6.45, 7) is 4.38. The Kier molecular flexibility index (Phi) is 16.2. The summed E-state index contributed by atoms with van der Waals surface area (Å²) in [7, 11) is 0. The van der Waals surface area contributed by atoms with E-state index in [1.807, 2.05) is 48.5 Å². The van der Waals surface area contributed by atoms with Gasteiger partial charge in [0.2, 0.25) is 0 Å². The van der Waals surface area contributed by atoms with Gasteiger partial charge in [0.1, 0.15) is 23.3 Å². The Hall–Kier alpha value is -6.02. The van der Waals surface area contributed by atoms with Crippen LogP contribution in [-0.2, 0) is 12.8 Å². The number of aryl methyl sites for hydroxylation is 2. The van der Waals surface area contributed by atoms with E-state index in [1.54, 1.807) is 24.3 Å². The highest BCUT2D eigenvalue weighted by atomic mass is 19.1. The van der Waals surface area contributed by atoms with E-state index in [-0.39, 0.29) is 22.3 Å². The minimum atomic E-state index is -1.05. The van der Waals surface area contributed by atoms with Gasteiger partial charge < -0.3 is 10.2 Å². The predicted octanol–water partition coefficient (Wildman–Crippen LogP) is 14.6. The van der Waals surface area contributed by atoms with Crippen molar-refractivity contribution in [2.45, 2.75) is 84.5 Å². The van der Waals surface area contributed by atoms with Gasteiger partial charge in [0.25, 0.3) is 0 Å². The molecular weight excluding hydrogens is 753 g/mol. The molecule has 0 heterocycles. The van der Waals surface area contributed by atoms with Crippen molar-refractivity contribution in [1.82, 2.24) is 0 Å². The summed E-state index contributed by atoms with van der Waals surface area (Å²) < 4.78 is 54.9. The van der Waals surface area contributed by atoms with Crippen LogP contribution >= 0.6 is 0 Å². The average Bonchev–Trinajstić information content (AvgIpc) is 3.22. The molecular formula is C51H50F4O4. The molecule has 0 saturated carbocycles. The molecule has 0 aliphatic heterocycles. The van der Waals surface area contributed by atoms with E-state index >= 15 is 0 Å². The van der Waals surface area contributed by atoms with Gasteiger partial charge in [-0.15, -0.1) is 0 Å². The zero-order chi connectivity index (χ0) is 42.3. The van der Waals surface area contributed by atoms with Crippen LogP contribution in [0.25, 0.3) is 44.5 Å². The number of carboxylic acid groups (broad SMARTS) is 2. The maximum absolute atomic E-state index is 14.2. The fourth-order valence-corrected chi connectivity index (χ4v) is 7.11. The molecule has 0 saturated heterocycles. The summed E-state index contributed by atoms with van der Waals surface area (Å²) in [6.07, 6.45) is 12.8. The van der Waals surface area contributed by atoms with Crippen molar-refractivity contribution >= 4 is 11.9 Å². The number of aromatic carboxylic acids is 2. The SMILES string of the molecule is CCCCCCCc1ccc(-c2cc(-c3ccc(F)cc3F)ccc2C(=O)O)cc1.CCCCCCc1ccc(-c2cc(-c3ccc(F)cc3F)ccc2C(=O)O)cc1. The fraction of sp³-hybridized carbons (Fsp3) is 0.255. The van der Waals surface area contributed by atoms with E-state index in [9.17, 15) is 37.4 Å². The molecule has 306 valence electrons. The van der Waals surface area contributed by atoms with Crippen LogP contribution in [0.5, 0.6) is 0 Å². The lowest BCUT2D eigenvalue weighted by Crippen LogP contribution is -2.00. The molecule has 6 aromatic rings. The molecule has 0 aromatic heterocycles. The Labute approximate surface area is 344 Å². The van der Waals surface area contributed by atoms with Gasteiger partial charge in [-0.3, -0.25) is 0 Å². The van der Waals surface area contributed by atoms with Gasteiger partial charge in [-0.1, -0.05) is 119 Å². The van der Waals surface area contributed by atoms with Gasteiger partial charge in [-0.05, 0) is 119 Å². The van der Waals surface area contributed by atoms with E-state index in [1.165, 1.54) is 92.5 Å². The smallest absolute Gasteiger partial charge is 0.336 e. The number of rotatable bonds is 17.